The van der Waals surface area contributed by atoms with Crippen molar-refractivity contribution < 1.29 is 9.59 Å². The summed E-state index contributed by atoms with van der Waals surface area (Å²) in [6, 6.07) is 10.0. The summed E-state index contributed by atoms with van der Waals surface area (Å²) in [5.74, 6) is 0.0794. The summed E-state index contributed by atoms with van der Waals surface area (Å²) in [5, 5.41) is 12.2. The molecule has 2 aromatic rings. The van der Waals surface area contributed by atoms with E-state index < -0.39 is 0 Å². The molecule has 0 saturated carbocycles. The number of benzene rings is 1. The highest BCUT2D eigenvalue weighted by Crippen LogP contribution is 2.14. The Morgan fingerprint density at radius 1 is 1.23 bits per heavy atom. The zero-order valence-corrected chi connectivity index (χ0v) is 15.0. The number of aromatic nitrogens is 1. The Hall–Kier alpha value is -2.64. The van der Waals surface area contributed by atoms with Crippen molar-refractivity contribution in [3.63, 3.8) is 0 Å². The third kappa shape index (κ3) is 4.71. The van der Waals surface area contributed by atoms with E-state index in [9.17, 15) is 9.59 Å². The smallest absolute Gasteiger partial charge is 0.319 e. The minimum absolute atomic E-state index is 0.0949. The van der Waals surface area contributed by atoms with Gasteiger partial charge in [-0.3, -0.25) is 4.79 Å². The van der Waals surface area contributed by atoms with Crippen LogP contribution >= 0.6 is 11.6 Å². The Bertz CT molecular complexity index is 796. The average Bonchev–Trinajstić information content (AvgIpc) is 3.02. The van der Waals surface area contributed by atoms with Crippen molar-refractivity contribution in [3.8, 4) is 0 Å². The number of carbonyl (C=O) groups is 2. The van der Waals surface area contributed by atoms with Gasteiger partial charge in [0.15, 0.2) is 0 Å². The number of hydrogen-bond acceptors (Lipinski definition) is 4. The first-order chi connectivity index (χ1) is 12.5. The number of rotatable bonds is 4. The van der Waals surface area contributed by atoms with Gasteiger partial charge in [-0.2, -0.15) is 0 Å². The second-order valence-electron chi connectivity index (χ2n) is 6.13. The lowest BCUT2D eigenvalue weighted by Gasteiger charge is -2.17. The maximum absolute atomic E-state index is 12.3. The number of pyridine rings is 1. The summed E-state index contributed by atoms with van der Waals surface area (Å²) < 4.78 is 0. The predicted octanol–water partition coefficient (Wildman–Crippen LogP) is 2.86. The summed E-state index contributed by atoms with van der Waals surface area (Å²) in [6.45, 7) is 2.92. The molecule has 0 radical (unpaired) electrons. The van der Waals surface area contributed by atoms with E-state index in [-0.39, 0.29) is 24.0 Å². The predicted molar refractivity (Wildman–Crippen MR) is 102 cm³/mol. The van der Waals surface area contributed by atoms with E-state index in [1.54, 1.807) is 36.4 Å². The standard InChI is InChI=1S/C18H20ClN5O2/c1-11-15(7-8-20-11)23-18(26)22-14-4-2-3-12(9-14)17(25)24-16-6-5-13(19)10-21-16/h2-6,9-11,15,20H,7-8H2,1H3,(H,21,24,25)(H2,22,23,26)/t11-,15+/m1/s1. The molecule has 136 valence electrons. The van der Waals surface area contributed by atoms with Crippen LogP contribution in [0.15, 0.2) is 42.6 Å². The Kier molecular flexibility index (Phi) is 5.70. The molecule has 2 heterocycles. The van der Waals surface area contributed by atoms with Crippen LogP contribution in [0.2, 0.25) is 5.02 Å². The molecule has 0 aliphatic carbocycles. The van der Waals surface area contributed by atoms with Crippen LogP contribution in [0.5, 0.6) is 0 Å². The number of nitrogens with one attached hydrogen (secondary N) is 4. The van der Waals surface area contributed by atoms with E-state index in [1.165, 1.54) is 6.20 Å². The van der Waals surface area contributed by atoms with E-state index in [0.717, 1.165) is 13.0 Å². The summed E-state index contributed by atoms with van der Waals surface area (Å²) in [5.41, 5.74) is 0.952. The molecule has 3 rings (SSSR count). The zero-order chi connectivity index (χ0) is 18.5. The van der Waals surface area contributed by atoms with Crippen molar-refractivity contribution in [1.82, 2.24) is 15.6 Å². The fraction of sp³-hybridized carbons (Fsp3) is 0.278. The first-order valence-corrected chi connectivity index (χ1v) is 8.73. The molecule has 7 nitrogen and oxygen atoms in total. The molecule has 4 N–H and O–H groups in total. The van der Waals surface area contributed by atoms with E-state index in [4.69, 9.17) is 11.6 Å². The lowest BCUT2D eigenvalue weighted by molar-refractivity contribution is 0.102. The Balaban J connectivity index is 1.61. The number of amides is 3. The highest BCUT2D eigenvalue weighted by molar-refractivity contribution is 6.30. The molecular weight excluding hydrogens is 354 g/mol. The van der Waals surface area contributed by atoms with E-state index in [2.05, 4.69) is 26.3 Å². The van der Waals surface area contributed by atoms with Gasteiger partial charge >= 0.3 is 6.03 Å². The molecule has 1 saturated heterocycles. The van der Waals surface area contributed by atoms with Crippen molar-refractivity contribution in [1.29, 1.82) is 0 Å². The van der Waals surface area contributed by atoms with Gasteiger partial charge in [-0.25, -0.2) is 9.78 Å². The number of carbonyl (C=O) groups excluding carboxylic acids is 2. The summed E-state index contributed by atoms with van der Waals surface area (Å²) in [4.78, 5) is 28.5. The largest absolute Gasteiger partial charge is 0.334 e. The molecule has 0 bridgehead atoms. The molecule has 1 fully saturated rings. The molecule has 1 aliphatic heterocycles. The molecule has 1 aromatic heterocycles. The average molecular weight is 374 g/mol. The Morgan fingerprint density at radius 2 is 2.08 bits per heavy atom. The van der Waals surface area contributed by atoms with Gasteiger partial charge in [0.05, 0.1) is 5.02 Å². The molecule has 2 atom stereocenters. The van der Waals surface area contributed by atoms with Crippen molar-refractivity contribution in [2.45, 2.75) is 25.4 Å². The molecule has 26 heavy (non-hydrogen) atoms. The van der Waals surface area contributed by atoms with Gasteiger partial charge in [0.2, 0.25) is 0 Å². The fourth-order valence-electron chi connectivity index (χ4n) is 2.77. The first-order valence-electron chi connectivity index (χ1n) is 8.35. The highest BCUT2D eigenvalue weighted by atomic mass is 35.5. The van der Waals surface area contributed by atoms with E-state index in [0.29, 0.717) is 22.1 Å². The van der Waals surface area contributed by atoms with Crippen LogP contribution in [-0.4, -0.2) is 35.6 Å². The van der Waals surface area contributed by atoms with Crippen LogP contribution in [0.3, 0.4) is 0 Å². The van der Waals surface area contributed by atoms with Crippen LogP contribution in [0.25, 0.3) is 0 Å². The minimum atomic E-state index is -0.322. The molecule has 0 unspecified atom stereocenters. The molecule has 0 spiro atoms. The molecule has 3 amide bonds. The van der Waals surface area contributed by atoms with Gasteiger partial charge in [-0.05, 0) is 50.2 Å². The zero-order valence-electron chi connectivity index (χ0n) is 14.3. The monoisotopic (exact) mass is 373 g/mol. The lowest BCUT2D eigenvalue weighted by Crippen LogP contribution is -2.43. The summed E-state index contributed by atoms with van der Waals surface area (Å²) in [6.07, 6.45) is 2.35. The lowest BCUT2D eigenvalue weighted by atomic mass is 10.1. The fourth-order valence-corrected chi connectivity index (χ4v) is 2.88. The van der Waals surface area contributed by atoms with E-state index in [1.807, 2.05) is 6.92 Å². The number of anilines is 2. The van der Waals surface area contributed by atoms with Crippen molar-refractivity contribution in [2.24, 2.45) is 0 Å². The van der Waals surface area contributed by atoms with Crippen LogP contribution in [0, 0.1) is 0 Å². The highest BCUT2D eigenvalue weighted by Gasteiger charge is 2.24. The SMILES string of the molecule is C[C@H]1NCC[C@@H]1NC(=O)Nc1cccc(C(=O)Nc2ccc(Cl)cn2)c1. The molecular formula is C18H20ClN5O2. The van der Waals surface area contributed by atoms with Gasteiger partial charge in [-0.15, -0.1) is 0 Å². The second kappa shape index (κ2) is 8.16. The van der Waals surface area contributed by atoms with Gasteiger partial charge in [-0.1, -0.05) is 17.7 Å². The molecule has 1 aromatic carbocycles. The minimum Gasteiger partial charge on any atom is -0.334 e. The maximum atomic E-state index is 12.3. The first kappa shape index (κ1) is 18.2. The van der Waals surface area contributed by atoms with Crippen LogP contribution < -0.4 is 21.3 Å². The third-order valence-electron chi connectivity index (χ3n) is 4.19. The molecule has 1 aliphatic rings. The summed E-state index contributed by atoms with van der Waals surface area (Å²) >= 11 is 5.78. The topological polar surface area (TPSA) is 95.1 Å². The van der Waals surface area contributed by atoms with Crippen LogP contribution in [0.4, 0.5) is 16.3 Å². The van der Waals surface area contributed by atoms with Crippen molar-refractivity contribution >= 4 is 35.0 Å². The number of hydrogen-bond donors (Lipinski definition) is 4. The van der Waals surface area contributed by atoms with Gasteiger partial charge < -0.3 is 21.3 Å². The van der Waals surface area contributed by atoms with E-state index >= 15 is 0 Å². The van der Waals surface area contributed by atoms with Gasteiger partial charge in [0, 0.05) is 29.5 Å². The number of urea groups is 1. The van der Waals surface area contributed by atoms with Gasteiger partial charge in [0.25, 0.3) is 5.91 Å². The van der Waals surface area contributed by atoms with Gasteiger partial charge in [0.1, 0.15) is 5.82 Å². The third-order valence-corrected chi connectivity index (χ3v) is 4.42. The normalized spacial score (nSPS) is 19.0. The quantitative estimate of drug-likeness (QED) is 0.662. The maximum Gasteiger partial charge on any atom is 0.319 e. The second-order valence-corrected chi connectivity index (χ2v) is 6.57. The van der Waals surface area contributed by atoms with Crippen LogP contribution in [0.1, 0.15) is 23.7 Å². The Labute approximate surface area is 156 Å². The van der Waals surface area contributed by atoms with Crippen molar-refractivity contribution in [2.75, 3.05) is 17.2 Å². The Morgan fingerprint density at radius 3 is 2.77 bits per heavy atom. The number of halogens is 1. The number of nitrogens with zero attached hydrogens (tertiary/aromatic N) is 1. The molecule has 8 heteroatoms. The van der Waals surface area contributed by atoms with Crippen molar-refractivity contribution in [3.05, 3.63) is 53.2 Å². The summed E-state index contributed by atoms with van der Waals surface area (Å²) in [7, 11) is 0. The van der Waals surface area contributed by atoms with Crippen LogP contribution in [-0.2, 0) is 0 Å².